The zero-order valence-electron chi connectivity index (χ0n) is 18.4. The van der Waals surface area contributed by atoms with E-state index in [4.69, 9.17) is 4.74 Å². The van der Waals surface area contributed by atoms with Crippen LogP contribution in [0.25, 0.3) is 10.9 Å². The highest BCUT2D eigenvalue weighted by Gasteiger charge is 2.33. The highest BCUT2D eigenvalue weighted by atomic mass is 32.2. The van der Waals surface area contributed by atoms with Crippen LogP contribution in [0.1, 0.15) is 24.8 Å². The SMILES string of the molecule is COc1cnc2cccc(CCC[C@@H]3CCN(CCSc4cccs4)C[C@@H]3C(=O)O)c2c1. The van der Waals surface area contributed by atoms with Crippen molar-refractivity contribution in [3.05, 3.63) is 53.5 Å². The van der Waals surface area contributed by atoms with Crippen molar-refractivity contribution in [1.29, 1.82) is 0 Å². The number of ether oxygens (including phenoxy) is 1. The van der Waals surface area contributed by atoms with Gasteiger partial charge in [0.15, 0.2) is 0 Å². The highest BCUT2D eigenvalue weighted by molar-refractivity contribution is 8.01. The first-order chi connectivity index (χ1) is 15.6. The number of fused-ring (bicyclic) bond motifs is 1. The Morgan fingerprint density at radius 1 is 1.34 bits per heavy atom. The molecule has 2 aromatic heterocycles. The summed E-state index contributed by atoms with van der Waals surface area (Å²) in [6.45, 7) is 2.61. The van der Waals surface area contributed by atoms with Crippen LogP contribution >= 0.6 is 23.1 Å². The molecule has 1 aromatic carbocycles. The van der Waals surface area contributed by atoms with Gasteiger partial charge in [-0.25, -0.2) is 0 Å². The van der Waals surface area contributed by atoms with Crippen LogP contribution in [0.3, 0.4) is 0 Å². The highest BCUT2D eigenvalue weighted by Crippen LogP contribution is 2.31. The summed E-state index contributed by atoms with van der Waals surface area (Å²) in [6.07, 6.45) is 5.57. The van der Waals surface area contributed by atoms with Crippen molar-refractivity contribution in [2.45, 2.75) is 29.9 Å². The first kappa shape index (κ1) is 23.1. The number of pyridine rings is 1. The van der Waals surface area contributed by atoms with Crippen LogP contribution in [0, 0.1) is 11.8 Å². The van der Waals surface area contributed by atoms with Gasteiger partial charge in [-0.3, -0.25) is 9.78 Å². The van der Waals surface area contributed by atoms with Crippen molar-refractivity contribution in [3.8, 4) is 5.75 Å². The van der Waals surface area contributed by atoms with E-state index in [9.17, 15) is 9.90 Å². The molecule has 7 heteroatoms. The topological polar surface area (TPSA) is 62.7 Å². The van der Waals surface area contributed by atoms with Gasteiger partial charge in [-0.15, -0.1) is 23.1 Å². The van der Waals surface area contributed by atoms with Gasteiger partial charge in [0.2, 0.25) is 0 Å². The van der Waals surface area contributed by atoms with Crippen molar-refractivity contribution < 1.29 is 14.6 Å². The van der Waals surface area contributed by atoms with Gasteiger partial charge in [0, 0.05) is 24.2 Å². The zero-order chi connectivity index (χ0) is 22.3. The number of carboxylic acids is 1. The molecule has 0 saturated carbocycles. The minimum Gasteiger partial charge on any atom is -0.495 e. The van der Waals surface area contributed by atoms with Crippen molar-refractivity contribution in [1.82, 2.24) is 9.88 Å². The fraction of sp³-hybridized carbons (Fsp3) is 0.440. The lowest BCUT2D eigenvalue weighted by Gasteiger charge is -2.36. The number of aliphatic carboxylic acids is 1. The third-order valence-corrected chi connectivity index (χ3v) is 8.46. The third-order valence-electron chi connectivity index (χ3n) is 6.35. The Kier molecular flexibility index (Phi) is 8.05. The van der Waals surface area contributed by atoms with Crippen molar-refractivity contribution in [3.63, 3.8) is 0 Å². The van der Waals surface area contributed by atoms with E-state index in [1.165, 1.54) is 9.77 Å². The molecule has 1 fully saturated rings. The molecular weight excluding hydrogens is 440 g/mol. The lowest BCUT2D eigenvalue weighted by atomic mass is 9.81. The molecule has 1 N–H and O–H groups in total. The molecule has 3 heterocycles. The second-order valence-corrected chi connectivity index (χ2v) is 10.7. The van der Waals surface area contributed by atoms with Crippen LogP contribution in [0.5, 0.6) is 5.75 Å². The van der Waals surface area contributed by atoms with Gasteiger partial charge in [-0.2, -0.15) is 0 Å². The first-order valence-corrected chi connectivity index (χ1v) is 13.0. The number of likely N-dealkylation sites (tertiary alicyclic amines) is 1. The number of carboxylic acid groups (broad SMARTS) is 1. The molecule has 1 aliphatic heterocycles. The smallest absolute Gasteiger partial charge is 0.308 e. The van der Waals surface area contributed by atoms with Crippen LogP contribution in [0.15, 0.2) is 52.2 Å². The van der Waals surface area contributed by atoms with Gasteiger partial charge < -0.3 is 14.7 Å². The maximum absolute atomic E-state index is 12.0. The molecule has 3 aromatic rings. The number of aromatic nitrogens is 1. The number of hydrogen-bond donors (Lipinski definition) is 1. The summed E-state index contributed by atoms with van der Waals surface area (Å²) >= 11 is 3.63. The van der Waals surface area contributed by atoms with Crippen LogP contribution in [0.2, 0.25) is 0 Å². The summed E-state index contributed by atoms with van der Waals surface area (Å²) in [5, 5.41) is 13.1. The number of thiophene rings is 1. The molecule has 32 heavy (non-hydrogen) atoms. The number of benzene rings is 1. The van der Waals surface area contributed by atoms with Crippen molar-refractivity contribution >= 4 is 40.0 Å². The maximum atomic E-state index is 12.0. The van der Waals surface area contributed by atoms with E-state index >= 15 is 0 Å². The summed E-state index contributed by atoms with van der Waals surface area (Å²) < 4.78 is 6.67. The van der Waals surface area contributed by atoms with Crippen LogP contribution in [0.4, 0.5) is 0 Å². The number of nitrogens with zero attached hydrogens (tertiary/aromatic N) is 2. The second-order valence-electron chi connectivity index (χ2n) is 8.33. The lowest BCUT2D eigenvalue weighted by Crippen LogP contribution is -2.44. The van der Waals surface area contributed by atoms with E-state index in [1.54, 1.807) is 24.6 Å². The molecule has 5 nitrogen and oxygen atoms in total. The van der Waals surface area contributed by atoms with Gasteiger partial charge >= 0.3 is 5.97 Å². The first-order valence-electron chi connectivity index (χ1n) is 11.2. The molecule has 170 valence electrons. The molecule has 0 amide bonds. The van der Waals surface area contributed by atoms with E-state index in [-0.39, 0.29) is 11.8 Å². The minimum absolute atomic E-state index is 0.247. The van der Waals surface area contributed by atoms with E-state index in [2.05, 4.69) is 33.5 Å². The standard InChI is InChI=1S/C25H30N2O3S2/c1-30-20-15-21-18(7-3-8-23(21)26-16-20)5-2-6-19-10-11-27(17-22(19)25(28)29)12-14-32-24-9-4-13-31-24/h3-4,7-9,13,15-16,19,22H,2,5-6,10-12,14,17H2,1H3,(H,28,29)/t19-,22+/m1/s1. The van der Waals surface area contributed by atoms with Gasteiger partial charge in [0.1, 0.15) is 5.75 Å². The predicted octanol–water partition coefficient (Wildman–Crippen LogP) is 5.44. The maximum Gasteiger partial charge on any atom is 0.308 e. The number of hydrogen-bond acceptors (Lipinski definition) is 6. The summed E-state index contributed by atoms with van der Waals surface area (Å²) in [4.78, 5) is 18.8. The second kappa shape index (κ2) is 11.2. The molecule has 4 rings (SSSR count). The minimum atomic E-state index is -0.648. The van der Waals surface area contributed by atoms with Crippen LogP contribution in [-0.2, 0) is 11.2 Å². The quantitative estimate of drug-likeness (QED) is 0.398. The monoisotopic (exact) mass is 470 g/mol. The van der Waals surface area contributed by atoms with Crippen molar-refractivity contribution in [2.75, 3.05) is 32.5 Å². The molecule has 0 spiro atoms. The summed E-state index contributed by atoms with van der Waals surface area (Å²) in [5.74, 6) is 1.10. The third kappa shape index (κ3) is 5.82. The summed E-state index contributed by atoms with van der Waals surface area (Å²) in [7, 11) is 1.66. The Labute approximate surface area is 197 Å². The van der Waals surface area contributed by atoms with E-state index in [0.29, 0.717) is 6.54 Å². The number of piperidine rings is 1. The average Bonchev–Trinajstić information content (AvgIpc) is 3.33. The summed E-state index contributed by atoms with van der Waals surface area (Å²) in [6, 6.07) is 12.5. The Morgan fingerprint density at radius 2 is 2.25 bits per heavy atom. The number of carbonyl (C=O) groups is 1. The molecule has 0 bridgehead atoms. The van der Waals surface area contributed by atoms with Gasteiger partial charge in [0.25, 0.3) is 0 Å². The fourth-order valence-corrected chi connectivity index (χ4v) is 6.46. The molecule has 1 saturated heterocycles. The average molecular weight is 471 g/mol. The Morgan fingerprint density at radius 3 is 3.03 bits per heavy atom. The Hall–Kier alpha value is -2.09. The number of rotatable bonds is 10. The fourth-order valence-electron chi connectivity index (χ4n) is 4.59. The largest absolute Gasteiger partial charge is 0.495 e. The molecule has 0 radical (unpaired) electrons. The lowest BCUT2D eigenvalue weighted by molar-refractivity contribution is -0.146. The van der Waals surface area contributed by atoms with E-state index < -0.39 is 5.97 Å². The van der Waals surface area contributed by atoms with Gasteiger partial charge in [0.05, 0.1) is 29.0 Å². The summed E-state index contributed by atoms with van der Waals surface area (Å²) in [5.41, 5.74) is 2.23. The van der Waals surface area contributed by atoms with E-state index in [0.717, 1.165) is 61.2 Å². The zero-order valence-corrected chi connectivity index (χ0v) is 20.0. The number of aryl methyl sites for hydroxylation is 1. The number of thioether (sulfide) groups is 1. The number of methoxy groups -OCH3 is 1. The van der Waals surface area contributed by atoms with Crippen molar-refractivity contribution in [2.24, 2.45) is 11.8 Å². The van der Waals surface area contributed by atoms with Crippen LogP contribution in [-0.4, -0.2) is 53.5 Å². The molecule has 1 aliphatic rings. The molecule has 0 aliphatic carbocycles. The normalized spacial score (nSPS) is 19.3. The van der Waals surface area contributed by atoms with E-state index in [1.807, 2.05) is 30.0 Å². The van der Waals surface area contributed by atoms with Gasteiger partial charge in [-0.05, 0) is 67.3 Å². The molecule has 0 unspecified atom stereocenters. The molecule has 2 atom stereocenters. The Bertz CT molecular complexity index is 1030. The van der Waals surface area contributed by atoms with Crippen LogP contribution < -0.4 is 4.74 Å². The Balaban J connectivity index is 1.30. The predicted molar refractivity (Wildman–Crippen MR) is 132 cm³/mol. The molecular formula is C25H30N2O3S2. The van der Waals surface area contributed by atoms with Gasteiger partial charge in [-0.1, -0.05) is 18.2 Å².